The highest BCUT2D eigenvalue weighted by atomic mass is 79.9. The second-order valence-corrected chi connectivity index (χ2v) is 5.03. The molecule has 2 rings (SSSR count). The van der Waals surface area contributed by atoms with E-state index in [1.54, 1.807) is 13.3 Å². The van der Waals surface area contributed by atoms with Crippen molar-refractivity contribution in [3.05, 3.63) is 32.8 Å². The van der Waals surface area contributed by atoms with Gasteiger partial charge in [-0.25, -0.2) is 0 Å². The lowest BCUT2D eigenvalue weighted by atomic mass is 10.1. The second kappa shape index (κ2) is 4.69. The molecule has 0 saturated heterocycles. The molecule has 16 heavy (non-hydrogen) atoms. The zero-order chi connectivity index (χ0) is 11.7. The van der Waals surface area contributed by atoms with Crippen molar-refractivity contribution in [2.75, 3.05) is 7.11 Å². The van der Waals surface area contributed by atoms with Gasteiger partial charge in [-0.05, 0) is 44.0 Å². The Kier molecular flexibility index (Phi) is 3.47. The molecule has 0 fully saturated rings. The first-order chi connectivity index (χ1) is 7.67. The standard InChI is InChI=1S/C11H9Br2NO2/c1-16-11-6(5-15)2-9(13)10-8(11)3-7(12)4-14-10/h2-4,15H,5H2,1H3. The van der Waals surface area contributed by atoms with E-state index in [1.807, 2.05) is 12.1 Å². The maximum Gasteiger partial charge on any atom is 0.133 e. The molecule has 84 valence electrons. The van der Waals surface area contributed by atoms with E-state index < -0.39 is 0 Å². The maximum atomic E-state index is 9.27. The lowest BCUT2D eigenvalue weighted by Crippen LogP contribution is -1.95. The minimum Gasteiger partial charge on any atom is -0.496 e. The number of hydrogen-bond acceptors (Lipinski definition) is 3. The summed E-state index contributed by atoms with van der Waals surface area (Å²) in [7, 11) is 1.59. The number of aliphatic hydroxyl groups is 1. The number of rotatable bonds is 2. The summed E-state index contributed by atoms with van der Waals surface area (Å²) in [4.78, 5) is 4.31. The van der Waals surface area contributed by atoms with Gasteiger partial charge in [0.25, 0.3) is 0 Å². The normalized spacial score (nSPS) is 10.8. The number of fused-ring (bicyclic) bond motifs is 1. The lowest BCUT2D eigenvalue weighted by molar-refractivity contribution is 0.274. The van der Waals surface area contributed by atoms with Gasteiger partial charge >= 0.3 is 0 Å². The molecule has 0 aliphatic carbocycles. The van der Waals surface area contributed by atoms with E-state index >= 15 is 0 Å². The SMILES string of the molecule is COc1c(CO)cc(Br)c2ncc(Br)cc12. The summed E-state index contributed by atoms with van der Waals surface area (Å²) in [6.07, 6.45) is 1.73. The number of aromatic nitrogens is 1. The van der Waals surface area contributed by atoms with Crippen LogP contribution in [0.1, 0.15) is 5.56 Å². The number of pyridine rings is 1. The molecule has 0 unspecified atom stereocenters. The Labute approximate surface area is 110 Å². The fraction of sp³-hybridized carbons (Fsp3) is 0.182. The Morgan fingerprint density at radius 1 is 1.38 bits per heavy atom. The molecule has 0 amide bonds. The first kappa shape index (κ1) is 11.8. The summed E-state index contributed by atoms with van der Waals surface area (Å²) in [5.74, 6) is 0.662. The maximum absolute atomic E-state index is 9.27. The first-order valence-electron chi connectivity index (χ1n) is 4.59. The molecule has 0 spiro atoms. The van der Waals surface area contributed by atoms with E-state index in [2.05, 4.69) is 36.8 Å². The van der Waals surface area contributed by atoms with Crippen LogP contribution in [0.2, 0.25) is 0 Å². The van der Waals surface area contributed by atoms with Gasteiger partial charge in [0.2, 0.25) is 0 Å². The number of benzene rings is 1. The van der Waals surface area contributed by atoms with Gasteiger partial charge in [-0.3, -0.25) is 4.98 Å². The van der Waals surface area contributed by atoms with Crippen LogP contribution in [0.3, 0.4) is 0 Å². The number of hydrogen-bond donors (Lipinski definition) is 1. The Hall–Kier alpha value is -0.650. The molecule has 1 heterocycles. The molecule has 3 nitrogen and oxygen atoms in total. The van der Waals surface area contributed by atoms with Gasteiger partial charge in [0.05, 0.1) is 19.2 Å². The van der Waals surface area contributed by atoms with Gasteiger partial charge in [0, 0.05) is 26.1 Å². The second-order valence-electron chi connectivity index (χ2n) is 3.26. The summed E-state index contributed by atoms with van der Waals surface area (Å²) in [5.41, 5.74) is 1.55. The predicted octanol–water partition coefficient (Wildman–Crippen LogP) is 3.26. The molecule has 0 bridgehead atoms. The van der Waals surface area contributed by atoms with Crippen LogP contribution in [0.25, 0.3) is 10.9 Å². The molecule has 0 radical (unpaired) electrons. The van der Waals surface area contributed by atoms with Crippen molar-refractivity contribution in [1.82, 2.24) is 4.98 Å². The summed E-state index contributed by atoms with van der Waals surface area (Å²) in [6, 6.07) is 3.74. The van der Waals surface area contributed by atoms with E-state index in [0.29, 0.717) is 5.75 Å². The van der Waals surface area contributed by atoms with Gasteiger partial charge in [-0.1, -0.05) is 0 Å². The molecule has 2 aromatic rings. The minimum atomic E-state index is -0.0653. The van der Waals surface area contributed by atoms with E-state index in [4.69, 9.17) is 4.74 Å². The van der Waals surface area contributed by atoms with Crippen LogP contribution in [0.4, 0.5) is 0 Å². The number of methoxy groups -OCH3 is 1. The summed E-state index contributed by atoms with van der Waals surface area (Å²) in [6.45, 7) is -0.0653. The van der Waals surface area contributed by atoms with Crippen LogP contribution in [0, 0.1) is 0 Å². The first-order valence-corrected chi connectivity index (χ1v) is 6.17. The fourth-order valence-electron chi connectivity index (χ4n) is 1.62. The smallest absolute Gasteiger partial charge is 0.133 e. The molecule has 1 aromatic heterocycles. The highest BCUT2D eigenvalue weighted by Crippen LogP contribution is 2.35. The summed E-state index contributed by atoms with van der Waals surface area (Å²) in [5, 5.41) is 10.1. The van der Waals surface area contributed by atoms with E-state index in [9.17, 15) is 5.11 Å². The highest BCUT2D eigenvalue weighted by molar-refractivity contribution is 9.11. The Morgan fingerprint density at radius 3 is 2.75 bits per heavy atom. The largest absolute Gasteiger partial charge is 0.496 e. The fourth-order valence-corrected chi connectivity index (χ4v) is 2.54. The third kappa shape index (κ3) is 1.95. The number of halogens is 2. The van der Waals surface area contributed by atoms with Crippen molar-refractivity contribution in [2.24, 2.45) is 0 Å². The topological polar surface area (TPSA) is 42.4 Å². The minimum absolute atomic E-state index is 0.0653. The predicted molar refractivity (Wildman–Crippen MR) is 69.6 cm³/mol. The molecule has 1 aromatic carbocycles. The average molecular weight is 347 g/mol. The van der Waals surface area contributed by atoms with Crippen LogP contribution in [-0.4, -0.2) is 17.2 Å². The van der Waals surface area contributed by atoms with Crippen LogP contribution in [0.5, 0.6) is 5.75 Å². The van der Waals surface area contributed by atoms with Crippen molar-refractivity contribution in [3.63, 3.8) is 0 Å². The van der Waals surface area contributed by atoms with E-state index in [0.717, 1.165) is 25.4 Å². The summed E-state index contributed by atoms with van der Waals surface area (Å²) < 4.78 is 7.04. The van der Waals surface area contributed by atoms with Gasteiger partial charge in [-0.15, -0.1) is 0 Å². The third-order valence-corrected chi connectivity index (χ3v) is 3.33. The molecule has 5 heteroatoms. The molecular weight excluding hydrogens is 338 g/mol. The van der Waals surface area contributed by atoms with Crippen LogP contribution in [0.15, 0.2) is 27.3 Å². The molecule has 0 aliphatic heterocycles. The quantitative estimate of drug-likeness (QED) is 0.907. The van der Waals surface area contributed by atoms with Gasteiger partial charge in [-0.2, -0.15) is 0 Å². The number of aliphatic hydroxyl groups excluding tert-OH is 1. The van der Waals surface area contributed by atoms with Crippen LogP contribution < -0.4 is 4.74 Å². The lowest BCUT2D eigenvalue weighted by Gasteiger charge is -2.11. The molecular formula is C11H9Br2NO2. The average Bonchev–Trinajstić information content (AvgIpc) is 2.28. The number of ether oxygens (including phenoxy) is 1. The van der Waals surface area contributed by atoms with Crippen LogP contribution >= 0.6 is 31.9 Å². The van der Waals surface area contributed by atoms with Crippen LogP contribution in [-0.2, 0) is 6.61 Å². The van der Waals surface area contributed by atoms with Gasteiger partial charge in [0.15, 0.2) is 0 Å². The zero-order valence-electron chi connectivity index (χ0n) is 8.50. The molecule has 1 N–H and O–H groups in total. The van der Waals surface area contributed by atoms with Crippen molar-refractivity contribution in [2.45, 2.75) is 6.61 Å². The van der Waals surface area contributed by atoms with Crippen molar-refractivity contribution >= 4 is 42.8 Å². The monoisotopic (exact) mass is 345 g/mol. The van der Waals surface area contributed by atoms with Crippen molar-refractivity contribution in [1.29, 1.82) is 0 Å². The Bertz CT molecular complexity index is 543. The number of nitrogens with zero attached hydrogens (tertiary/aromatic N) is 1. The Morgan fingerprint density at radius 2 is 2.12 bits per heavy atom. The van der Waals surface area contributed by atoms with Crippen molar-refractivity contribution < 1.29 is 9.84 Å². The highest BCUT2D eigenvalue weighted by Gasteiger charge is 2.12. The van der Waals surface area contributed by atoms with Gasteiger partial charge in [0.1, 0.15) is 5.75 Å². The van der Waals surface area contributed by atoms with Crippen molar-refractivity contribution in [3.8, 4) is 5.75 Å². The molecule has 0 atom stereocenters. The van der Waals surface area contributed by atoms with Gasteiger partial charge < -0.3 is 9.84 Å². The molecule has 0 aliphatic rings. The Balaban J connectivity index is 2.87. The summed E-state index contributed by atoms with van der Waals surface area (Å²) >= 11 is 6.80. The third-order valence-electron chi connectivity index (χ3n) is 2.29. The van der Waals surface area contributed by atoms with E-state index in [-0.39, 0.29) is 6.61 Å². The van der Waals surface area contributed by atoms with E-state index in [1.165, 1.54) is 0 Å². The molecule has 0 saturated carbocycles. The zero-order valence-corrected chi connectivity index (χ0v) is 11.7.